The third-order valence-electron chi connectivity index (χ3n) is 3.52. The number of nitrogens with zero attached hydrogens (tertiary/aromatic N) is 1. The van der Waals surface area contributed by atoms with Gasteiger partial charge in [-0.05, 0) is 31.2 Å². The monoisotopic (exact) mass is 351 g/mol. The van der Waals surface area contributed by atoms with E-state index in [-0.39, 0.29) is 5.69 Å². The summed E-state index contributed by atoms with van der Waals surface area (Å²) >= 11 is 0. The minimum atomic E-state index is -0.574. The molecule has 0 radical (unpaired) electrons. The molecular weight excluding hydrogens is 334 g/mol. The minimum Gasteiger partial charge on any atom is -0.494 e. The molecule has 2 N–H and O–H groups in total. The Kier molecular flexibility index (Phi) is 5.28. The van der Waals surface area contributed by atoms with Gasteiger partial charge in [-0.15, -0.1) is 0 Å². The zero-order valence-corrected chi connectivity index (χ0v) is 14.1. The summed E-state index contributed by atoms with van der Waals surface area (Å²) in [7, 11) is 0. The van der Waals surface area contributed by atoms with E-state index in [1.165, 1.54) is 6.07 Å². The lowest BCUT2D eigenvalue weighted by Crippen LogP contribution is -2.41. The van der Waals surface area contributed by atoms with Gasteiger partial charge in [-0.2, -0.15) is 0 Å². The molecule has 0 atom stereocenters. The smallest absolute Gasteiger partial charge is 0.291 e. The molecule has 0 aliphatic heterocycles. The molecule has 1 aromatic heterocycles. The minimum absolute atomic E-state index is 0.0656. The van der Waals surface area contributed by atoms with E-state index >= 15 is 0 Å². The van der Waals surface area contributed by atoms with Gasteiger partial charge in [-0.1, -0.05) is 35.5 Å². The Bertz CT molecular complexity index is 889. The van der Waals surface area contributed by atoms with Crippen LogP contribution in [0, 0.1) is 0 Å². The fourth-order valence-corrected chi connectivity index (χ4v) is 2.24. The van der Waals surface area contributed by atoms with Gasteiger partial charge in [0.15, 0.2) is 11.5 Å². The maximum Gasteiger partial charge on any atom is 0.291 e. The average molecular weight is 351 g/mol. The summed E-state index contributed by atoms with van der Waals surface area (Å²) in [5.74, 6) is 0.112. The summed E-state index contributed by atoms with van der Waals surface area (Å²) in [5, 5.41) is 3.72. The lowest BCUT2D eigenvalue weighted by molar-refractivity contribution is 0.0841. The number of aromatic nitrogens is 1. The van der Waals surface area contributed by atoms with Crippen molar-refractivity contribution in [2.24, 2.45) is 0 Å². The van der Waals surface area contributed by atoms with E-state index in [0.717, 1.165) is 5.56 Å². The zero-order valence-electron chi connectivity index (χ0n) is 14.1. The van der Waals surface area contributed by atoms with E-state index in [4.69, 9.17) is 9.26 Å². The van der Waals surface area contributed by atoms with Gasteiger partial charge in [0.05, 0.1) is 6.61 Å². The lowest BCUT2D eigenvalue weighted by atomic mass is 10.1. The molecule has 1 heterocycles. The fourth-order valence-electron chi connectivity index (χ4n) is 2.24. The first-order valence-electron chi connectivity index (χ1n) is 8.03. The van der Waals surface area contributed by atoms with E-state index in [2.05, 4.69) is 16.0 Å². The van der Waals surface area contributed by atoms with Crippen molar-refractivity contribution < 1.29 is 18.8 Å². The molecule has 2 aromatic carbocycles. The number of rotatable bonds is 5. The van der Waals surface area contributed by atoms with Gasteiger partial charge < -0.3 is 9.26 Å². The molecule has 132 valence electrons. The van der Waals surface area contributed by atoms with E-state index in [9.17, 15) is 9.59 Å². The van der Waals surface area contributed by atoms with Gasteiger partial charge in [0.25, 0.3) is 11.8 Å². The topological polar surface area (TPSA) is 93.5 Å². The van der Waals surface area contributed by atoms with Gasteiger partial charge >= 0.3 is 0 Å². The Morgan fingerprint density at radius 3 is 2.38 bits per heavy atom. The first kappa shape index (κ1) is 17.2. The number of ether oxygens (including phenoxy) is 1. The highest BCUT2D eigenvalue weighted by Crippen LogP contribution is 2.19. The number of carbonyl (C=O) groups is 2. The molecule has 0 fully saturated rings. The van der Waals surface area contributed by atoms with Crippen LogP contribution in [0.25, 0.3) is 11.3 Å². The van der Waals surface area contributed by atoms with Crippen molar-refractivity contribution in [2.45, 2.75) is 6.92 Å². The normalized spacial score (nSPS) is 10.2. The highest BCUT2D eigenvalue weighted by atomic mass is 16.5. The van der Waals surface area contributed by atoms with Crippen molar-refractivity contribution in [3.05, 3.63) is 71.9 Å². The second-order valence-electron chi connectivity index (χ2n) is 5.31. The molecule has 2 amide bonds. The van der Waals surface area contributed by atoms with Gasteiger partial charge in [0.2, 0.25) is 0 Å². The highest BCUT2D eigenvalue weighted by Gasteiger charge is 2.15. The van der Waals surface area contributed by atoms with Crippen LogP contribution < -0.4 is 15.6 Å². The molecule has 0 unspecified atom stereocenters. The Morgan fingerprint density at radius 1 is 1.00 bits per heavy atom. The predicted molar refractivity (Wildman–Crippen MR) is 94.5 cm³/mol. The largest absolute Gasteiger partial charge is 0.494 e. The highest BCUT2D eigenvalue weighted by molar-refractivity contribution is 5.98. The summed E-state index contributed by atoms with van der Waals surface area (Å²) in [6.45, 7) is 2.42. The van der Waals surface area contributed by atoms with Crippen molar-refractivity contribution in [1.29, 1.82) is 0 Å². The van der Waals surface area contributed by atoms with Crippen LogP contribution in [0.4, 0.5) is 0 Å². The van der Waals surface area contributed by atoms with E-state index in [1.54, 1.807) is 24.3 Å². The molecule has 3 rings (SSSR count). The zero-order chi connectivity index (χ0) is 18.4. The van der Waals surface area contributed by atoms with Crippen LogP contribution in [0.1, 0.15) is 27.8 Å². The number of carbonyl (C=O) groups excluding carboxylic acids is 2. The summed E-state index contributed by atoms with van der Waals surface area (Å²) in [4.78, 5) is 24.2. The van der Waals surface area contributed by atoms with Gasteiger partial charge in [0, 0.05) is 17.2 Å². The van der Waals surface area contributed by atoms with Crippen LogP contribution in [0.2, 0.25) is 0 Å². The average Bonchev–Trinajstić information content (AvgIpc) is 3.18. The van der Waals surface area contributed by atoms with Crippen molar-refractivity contribution in [2.75, 3.05) is 6.61 Å². The lowest BCUT2D eigenvalue weighted by Gasteiger charge is -2.07. The first-order valence-corrected chi connectivity index (χ1v) is 8.03. The number of hydrazine groups is 1. The van der Waals surface area contributed by atoms with Crippen LogP contribution in [-0.2, 0) is 0 Å². The number of hydrogen-bond acceptors (Lipinski definition) is 5. The second kappa shape index (κ2) is 7.98. The summed E-state index contributed by atoms with van der Waals surface area (Å²) in [6, 6.07) is 17.4. The van der Waals surface area contributed by atoms with Crippen molar-refractivity contribution in [1.82, 2.24) is 16.0 Å². The maximum atomic E-state index is 12.1. The third kappa shape index (κ3) is 4.07. The van der Waals surface area contributed by atoms with Crippen LogP contribution in [0.5, 0.6) is 5.75 Å². The molecule has 0 aliphatic rings. The number of nitrogens with one attached hydrogen (secondary N) is 2. The number of amides is 2. The summed E-state index contributed by atoms with van der Waals surface area (Å²) < 4.78 is 10.5. The van der Waals surface area contributed by atoms with Crippen molar-refractivity contribution in [3.63, 3.8) is 0 Å². The molecule has 0 saturated carbocycles. The third-order valence-corrected chi connectivity index (χ3v) is 3.52. The Labute approximate surface area is 149 Å². The standard InChI is InChI=1S/C19H17N3O4/c1-2-25-15-10-8-14(9-11-15)18(23)20-21-19(24)16-12-17(26-22-16)13-6-4-3-5-7-13/h3-12H,2H2,1H3,(H,20,23)(H,21,24). The Hall–Kier alpha value is -3.61. The summed E-state index contributed by atoms with van der Waals surface area (Å²) in [5.41, 5.74) is 5.90. The van der Waals surface area contributed by atoms with Gasteiger partial charge in [0.1, 0.15) is 5.75 Å². The molecule has 7 heteroatoms. The van der Waals surface area contributed by atoms with Crippen LogP contribution in [-0.4, -0.2) is 23.6 Å². The molecule has 0 spiro atoms. The Morgan fingerprint density at radius 2 is 1.69 bits per heavy atom. The first-order chi connectivity index (χ1) is 12.7. The predicted octanol–water partition coefficient (Wildman–Crippen LogP) is 2.82. The van der Waals surface area contributed by atoms with Gasteiger partial charge in [-0.3, -0.25) is 20.4 Å². The molecule has 0 saturated heterocycles. The quantitative estimate of drug-likeness (QED) is 0.690. The van der Waals surface area contributed by atoms with E-state index < -0.39 is 11.8 Å². The van der Waals surface area contributed by atoms with Crippen LogP contribution in [0.15, 0.2) is 65.2 Å². The van der Waals surface area contributed by atoms with Crippen LogP contribution >= 0.6 is 0 Å². The molecule has 0 bridgehead atoms. The molecule has 0 aliphatic carbocycles. The van der Waals surface area contributed by atoms with Crippen LogP contribution in [0.3, 0.4) is 0 Å². The second-order valence-corrected chi connectivity index (χ2v) is 5.31. The molecule has 26 heavy (non-hydrogen) atoms. The molecule has 7 nitrogen and oxygen atoms in total. The SMILES string of the molecule is CCOc1ccc(C(=O)NNC(=O)c2cc(-c3ccccc3)on2)cc1. The maximum absolute atomic E-state index is 12.1. The van der Waals surface area contributed by atoms with Crippen molar-refractivity contribution in [3.8, 4) is 17.1 Å². The molecule has 3 aromatic rings. The molecular formula is C19H17N3O4. The number of hydrogen-bond donors (Lipinski definition) is 2. The van der Waals surface area contributed by atoms with Crippen molar-refractivity contribution >= 4 is 11.8 Å². The summed E-state index contributed by atoms with van der Waals surface area (Å²) in [6.07, 6.45) is 0. The number of benzene rings is 2. The fraction of sp³-hybridized carbons (Fsp3) is 0.105. The van der Waals surface area contributed by atoms with E-state index in [1.807, 2.05) is 37.3 Å². The van der Waals surface area contributed by atoms with Gasteiger partial charge in [-0.25, -0.2) is 0 Å². The Balaban J connectivity index is 1.58. The van der Waals surface area contributed by atoms with E-state index in [0.29, 0.717) is 23.7 Å².